The molecule has 1 atom stereocenters. The van der Waals surface area contributed by atoms with Gasteiger partial charge in [0.05, 0.1) is 24.8 Å². The summed E-state index contributed by atoms with van der Waals surface area (Å²) in [6.45, 7) is 12.3. The van der Waals surface area contributed by atoms with E-state index in [0.717, 1.165) is 32.5 Å². The molecule has 0 aromatic heterocycles. The van der Waals surface area contributed by atoms with Crippen LogP contribution in [0.15, 0.2) is 54.1 Å². The second kappa shape index (κ2) is 13.8. The number of aliphatic hydroxyl groups excluding tert-OH is 1. The highest BCUT2D eigenvalue weighted by molar-refractivity contribution is 6.46. The Morgan fingerprint density at radius 1 is 0.946 bits per heavy atom. The maximum atomic E-state index is 13.3. The number of Topliss-reactive ketones (excluding diaryl/α,β-unsaturated/α-hetero) is 1. The van der Waals surface area contributed by atoms with Crippen LogP contribution < -0.4 is 9.47 Å². The van der Waals surface area contributed by atoms with E-state index in [1.54, 1.807) is 29.2 Å². The first-order valence-corrected chi connectivity index (χ1v) is 13.4. The van der Waals surface area contributed by atoms with Gasteiger partial charge in [0.2, 0.25) is 0 Å². The third-order valence-corrected chi connectivity index (χ3v) is 6.69. The molecular formula is C30H40N2O5. The lowest BCUT2D eigenvalue weighted by atomic mass is 9.95. The zero-order valence-corrected chi connectivity index (χ0v) is 22.5. The minimum atomic E-state index is -0.721. The quantitative estimate of drug-likeness (QED) is 0.159. The van der Waals surface area contributed by atoms with Gasteiger partial charge in [-0.2, -0.15) is 0 Å². The van der Waals surface area contributed by atoms with Crippen LogP contribution in [0.5, 0.6) is 11.5 Å². The fraction of sp³-hybridized carbons (Fsp3) is 0.467. The van der Waals surface area contributed by atoms with Gasteiger partial charge >= 0.3 is 0 Å². The third kappa shape index (κ3) is 6.72. The summed E-state index contributed by atoms with van der Waals surface area (Å²) in [5, 5.41) is 11.2. The van der Waals surface area contributed by atoms with Crippen LogP contribution in [0.25, 0.3) is 5.76 Å². The molecule has 0 aliphatic carbocycles. The molecule has 0 spiro atoms. The number of ether oxygens (including phenoxy) is 2. The highest BCUT2D eigenvalue weighted by Gasteiger charge is 2.46. The molecular weight excluding hydrogens is 468 g/mol. The Hall–Kier alpha value is -3.32. The average molecular weight is 509 g/mol. The highest BCUT2D eigenvalue weighted by Crippen LogP contribution is 2.42. The summed E-state index contributed by atoms with van der Waals surface area (Å²) in [6, 6.07) is 13.7. The van der Waals surface area contributed by atoms with Crippen molar-refractivity contribution in [1.29, 1.82) is 0 Å². The lowest BCUT2D eigenvalue weighted by Crippen LogP contribution is -2.33. The van der Waals surface area contributed by atoms with Gasteiger partial charge in [0.1, 0.15) is 5.76 Å². The molecule has 7 nitrogen and oxygen atoms in total. The first-order chi connectivity index (χ1) is 18.0. The van der Waals surface area contributed by atoms with Crippen LogP contribution >= 0.6 is 0 Å². The van der Waals surface area contributed by atoms with Gasteiger partial charge < -0.3 is 24.4 Å². The molecule has 1 N–H and O–H groups in total. The molecule has 200 valence electrons. The number of rotatable bonds is 14. The third-order valence-electron chi connectivity index (χ3n) is 6.69. The standard InChI is InChI=1S/C30H40N2O5/c1-5-9-20-37-24-17-16-23(21-25(24)36-8-4)27-26(28(33)22-14-11-10-12-15-22)29(34)30(35)32(27)19-13-18-31(6-2)7-3/h10-12,14-17,21,27,33H,5-9,13,18-20H2,1-4H3/b28-26+. The van der Waals surface area contributed by atoms with Crippen molar-refractivity contribution in [1.82, 2.24) is 9.80 Å². The van der Waals surface area contributed by atoms with Gasteiger partial charge in [-0.15, -0.1) is 0 Å². The topological polar surface area (TPSA) is 79.3 Å². The van der Waals surface area contributed by atoms with Crippen LogP contribution in [0.4, 0.5) is 0 Å². The van der Waals surface area contributed by atoms with Crippen molar-refractivity contribution in [3.8, 4) is 11.5 Å². The second-order valence-electron chi connectivity index (χ2n) is 9.08. The first kappa shape index (κ1) is 28.3. The van der Waals surface area contributed by atoms with Crippen LogP contribution in [-0.4, -0.2) is 66.0 Å². The molecule has 1 aliphatic heterocycles. The fourth-order valence-corrected chi connectivity index (χ4v) is 4.62. The molecule has 1 aliphatic rings. The Morgan fingerprint density at radius 3 is 2.32 bits per heavy atom. The van der Waals surface area contributed by atoms with Crippen molar-refractivity contribution < 1.29 is 24.2 Å². The number of unbranched alkanes of at least 4 members (excludes halogenated alkanes) is 1. The van der Waals surface area contributed by atoms with Gasteiger partial charge in [-0.3, -0.25) is 9.59 Å². The van der Waals surface area contributed by atoms with Crippen LogP contribution in [-0.2, 0) is 9.59 Å². The molecule has 1 amide bonds. The summed E-state index contributed by atoms with van der Waals surface area (Å²) in [5.74, 6) is -0.250. The summed E-state index contributed by atoms with van der Waals surface area (Å²) in [4.78, 5) is 30.4. The van der Waals surface area contributed by atoms with E-state index in [0.29, 0.717) is 48.8 Å². The number of benzene rings is 2. The normalized spacial score (nSPS) is 17.0. The summed E-state index contributed by atoms with van der Waals surface area (Å²) < 4.78 is 11.8. The predicted octanol–water partition coefficient (Wildman–Crippen LogP) is 5.42. The van der Waals surface area contributed by atoms with Crippen molar-refractivity contribution >= 4 is 17.4 Å². The predicted molar refractivity (Wildman–Crippen MR) is 146 cm³/mol. The largest absolute Gasteiger partial charge is 0.507 e. The van der Waals surface area contributed by atoms with E-state index in [2.05, 4.69) is 25.7 Å². The van der Waals surface area contributed by atoms with Gasteiger partial charge in [0.15, 0.2) is 11.5 Å². The minimum absolute atomic E-state index is 0.0983. The van der Waals surface area contributed by atoms with Crippen molar-refractivity contribution in [3.63, 3.8) is 0 Å². The molecule has 2 aromatic carbocycles. The molecule has 7 heteroatoms. The zero-order valence-electron chi connectivity index (χ0n) is 22.5. The molecule has 0 radical (unpaired) electrons. The Bertz CT molecular complexity index is 1080. The van der Waals surface area contributed by atoms with Gasteiger partial charge in [-0.25, -0.2) is 0 Å². The van der Waals surface area contributed by atoms with E-state index in [1.165, 1.54) is 0 Å². The lowest BCUT2D eigenvalue weighted by molar-refractivity contribution is -0.140. The molecule has 1 heterocycles. The van der Waals surface area contributed by atoms with Crippen molar-refractivity contribution in [2.75, 3.05) is 39.4 Å². The number of carbonyl (C=O) groups is 2. The molecule has 0 bridgehead atoms. The van der Waals surface area contributed by atoms with Crippen LogP contribution in [0.3, 0.4) is 0 Å². The van der Waals surface area contributed by atoms with Gasteiger partial charge in [0, 0.05) is 12.1 Å². The smallest absolute Gasteiger partial charge is 0.295 e. The maximum Gasteiger partial charge on any atom is 0.295 e. The van der Waals surface area contributed by atoms with Crippen LogP contribution in [0.1, 0.15) is 64.1 Å². The first-order valence-electron chi connectivity index (χ1n) is 13.4. The number of carbonyl (C=O) groups excluding carboxylic acids is 2. The SMILES string of the molecule is CCCCOc1ccc(C2/C(=C(\O)c3ccccc3)C(=O)C(=O)N2CCCN(CC)CC)cc1OCC. The number of nitrogens with zero attached hydrogens (tertiary/aromatic N) is 2. The minimum Gasteiger partial charge on any atom is -0.507 e. The van der Waals surface area contributed by atoms with E-state index in [9.17, 15) is 14.7 Å². The van der Waals surface area contributed by atoms with Crippen LogP contribution in [0, 0.1) is 0 Å². The molecule has 3 rings (SSSR count). The molecule has 0 saturated carbocycles. The van der Waals surface area contributed by atoms with E-state index in [4.69, 9.17) is 9.47 Å². The second-order valence-corrected chi connectivity index (χ2v) is 9.08. The highest BCUT2D eigenvalue weighted by atomic mass is 16.5. The number of ketones is 1. The number of amides is 1. The number of hydrogen-bond acceptors (Lipinski definition) is 6. The van der Waals surface area contributed by atoms with Gasteiger partial charge in [-0.05, 0) is 57.1 Å². The summed E-state index contributed by atoms with van der Waals surface area (Å²) in [6.07, 6.45) is 2.66. The monoisotopic (exact) mass is 508 g/mol. The Morgan fingerprint density at radius 2 is 1.68 bits per heavy atom. The Labute approximate surface area is 220 Å². The lowest BCUT2D eigenvalue weighted by Gasteiger charge is -2.27. The van der Waals surface area contributed by atoms with Gasteiger partial charge in [-0.1, -0.05) is 63.6 Å². The van der Waals surface area contributed by atoms with E-state index >= 15 is 0 Å². The average Bonchev–Trinajstić information content (AvgIpc) is 3.17. The molecule has 2 aromatic rings. The number of likely N-dealkylation sites (tertiary alicyclic amines) is 1. The van der Waals surface area contributed by atoms with Crippen molar-refractivity contribution in [3.05, 3.63) is 65.2 Å². The molecule has 1 fully saturated rings. The van der Waals surface area contributed by atoms with Crippen molar-refractivity contribution in [2.45, 2.75) is 53.0 Å². The molecule has 37 heavy (non-hydrogen) atoms. The molecule has 1 unspecified atom stereocenters. The molecule has 1 saturated heterocycles. The summed E-state index contributed by atoms with van der Waals surface area (Å²) in [5.41, 5.74) is 1.30. The fourth-order valence-electron chi connectivity index (χ4n) is 4.62. The summed E-state index contributed by atoms with van der Waals surface area (Å²) in [7, 11) is 0. The summed E-state index contributed by atoms with van der Waals surface area (Å²) >= 11 is 0. The Balaban J connectivity index is 2.05. The maximum absolute atomic E-state index is 13.3. The van der Waals surface area contributed by atoms with E-state index in [1.807, 2.05) is 31.2 Å². The van der Waals surface area contributed by atoms with Crippen molar-refractivity contribution in [2.24, 2.45) is 0 Å². The van der Waals surface area contributed by atoms with E-state index in [-0.39, 0.29) is 11.3 Å². The van der Waals surface area contributed by atoms with E-state index < -0.39 is 17.7 Å². The number of hydrogen-bond donors (Lipinski definition) is 1. The zero-order chi connectivity index (χ0) is 26.8. The van der Waals surface area contributed by atoms with Gasteiger partial charge in [0.25, 0.3) is 11.7 Å². The van der Waals surface area contributed by atoms with Crippen LogP contribution in [0.2, 0.25) is 0 Å². The Kier molecular flexibility index (Phi) is 10.6. The number of aliphatic hydroxyl groups is 1.